The highest BCUT2D eigenvalue weighted by atomic mass is 16.6. The molecule has 4 rings (SSSR count). The maximum atomic E-state index is 13.3. The Kier molecular flexibility index (Phi) is 7.23. The van der Waals surface area contributed by atoms with E-state index in [1.165, 1.54) is 15.4 Å². The van der Waals surface area contributed by atoms with Crippen LogP contribution in [0.1, 0.15) is 56.0 Å². The molecule has 1 atom stereocenters. The first-order valence-electron chi connectivity index (χ1n) is 12.0. The van der Waals surface area contributed by atoms with E-state index in [9.17, 15) is 24.0 Å². The molecule has 3 heterocycles. The number of para-hydroxylation sites is 1. The van der Waals surface area contributed by atoms with Crippen molar-refractivity contribution in [2.75, 3.05) is 11.9 Å². The third kappa shape index (κ3) is 5.85. The molecule has 3 aromatic rings. The molecular weight excluding hydrogens is 496 g/mol. The Morgan fingerprint density at radius 3 is 2.68 bits per heavy atom. The molecule has 1 unspecified atom stereocenters. The van der Waals surface area contributed by atoms with Gasteiger partial charge in [-0.15, -0.1) is 5.10 Å². The van der Waals surface area contributed by atoms with Crippen LogP contribution in [0.25, 0.3) is 10.9 Å². The van der Waals surface area contributed by atoms with Gasteiger partial charge >= 0.3 is 6.09 Å². The van der Waals surface area contributed by atoms with Gasteiger partial charge in [-0.3, -0.25) is 29.1 Å². The van der Waals surface area contributed by atoms with Crippen molar-refractivity contribution in [1.82, 2.24) is 35.2 Å². The summed E-state index contributed by atoms with van der Waals surface area (Å²) in [5, 5.41) is 15.5. The number of carbonyl (C=O) groups excluding carboxylic acids is 4. The van der Waals surface area contributed by atoms with Gasteiger partial charge in [0.15, 0.2) is 5.69 Å². The summed E-state index contributed by atoms with van der Waals surface area (Å²) in [7, 11) is 0. The van der Waals surface area contributed by atoms with Gasteiger partial charge in [0, 0.05) is 13.0 Å². The smallest absolute Gasteiger partial charge is 0.407 e. The fraction of sp³-hybridized carbons (Fsp3) is 0.417. The van der Waals surface area contributed by atoms with E-state index in [0.29, 0.717) is 0 Å². The molecule has 0 radical (unpaired) electrons. The van der Waals surface area contributed by atoms with Crippen LogP contribution in [0, 0.1) is 6.92 Å². The Morgan fingerprint density at radius 1 is 1.21 bits per heavy atom. The van der Waals surface area contributed by atoms with E-state index in [2.05, 4.69) is 31.2 Å². The second-order valence-corrected chi connectivity index (χ2v) is 9.75. The fourth-order valence-corrected chi connectivity index (χ4v) is 4.01. The van der Waals surface area contributed by atoms with Crippen molar-refractivity contribution in [2.24, 2.45) is 0 Å². The van der Waals surface area contributed by atoms with Gasteiger partial charge in [-0.25, -0.2) is 14.5 Å². The number of hydrogen-bond acceptors (Lipinski definition) is 9. The summed E-state index contributed by atoms with van der Waals surface area (Å²) in [6.07, 6.45) is 1.17. The quantitative estimate of drug-likeness (QED) is 0.397. The number of alkyl carbamates (subject to hydrolysis) is 1. The molecule has 14 nitrogen and oxygen atoms in total. The SMILES string of the molecule is Cc1nc2c(NC(=O)c3cn(CCNC(=O)OC(C)(C)C)nn3)cccc2c(=O)n1C1CCC(=O)NC1=O. The average molecular weight is 525 g/mol. The third-order valence-electron chi connectivity index (χ3n) is 5.66. The summed E-state index contributed by atoms with van der Waals surface area (Å²) in [6, 6.07) is 3.88. The molecule has 1 fully saturated rings. The first kappa shape index (κ1) is 26.4. The summed E-state index contributed by atoms with van der Waals surface area (Å²) in [6.45, 7) is 7.33. The largest absolute Gasteiger partial charge is 0.444 e. The van der Waals surface area contributed by atoms with Crippen LogP contribution in [0.2, 0.25) is 0 Å². The average Bonchev–Trinajstić information content (AvgIpc) is 3.29. The number of fused-ring (bicyclic) bond motifs is 1. The van der Waals surface area contributed by atoms with Gasteiger partial charge in [0.05, 0.1) is 23.8 Å². The summed E-state index contributed by atoms with van der Waals surface area (Å²) < 4.78 is 7.84. The number of benzene rings is 1. The zero-order valence-corrected chi connectivity index (χ0v) is 21.4. The number of imide groups is 1. The highest BCUT2D eigenvalue weighted by Gasteiger charge is 2.30. The van der Waals surface area contributed by atoms with Crippen LogP contribution in [0.4, 0.5) is 10.5 Å². The number of nitrogens with zero attached hydrogens (tertiary/aromatic N) is 5. The van der Waals surface area contributed by atoms with E-state index in [1.807, 2.05) is 0 Å². The molecule has 3 N–H and O–H groups in total. The van der Waals surface area contributed by atoms with E-state index in [4.69, 9.17) is 4.74 Å². The van der Waals surface area contributed by atoms with Crippen LogP contribution in [0.5, 0.6) is 0 Å². The van der Waals surface area contributed by atoms with E-state index >= 15 is 0 Å². The summed E-state index contributed by atoms with van der Waals surface area (Å²) in [4.78, 5) is 66.3. The van der Waals surface area contributed by atoms with Crippen molar-refractivity contribution in [3.63, 3.8) is 0 Å². The molecule has 0 aliphatic carbocycles. The first-order chi connectivity index (χ1) is 17.9. The summed E-state index contributed by atoms with van der Waals surface area (Å²) in [5.74, 6) is -1.24. The second kappa shape index (κ2) is 10.4. The molecule has 1 aliphatic heterocycles. The monoisotopic (exact) mass is 524 g/mol. The minimum absolute atomic E-state index is 0.0212. The Morgan fingerprint density at radius 2 is 1.97 bits per heavy atom. The minimum atomic E-state index is -0.852. The number of carbonyl (C=O) groups is 4. The first-order valence-corrected chi connectivity index (χ1v) is 12.0. The number of amides is 4. The predicted octanol–water partition coefficient (Wildman–Crippen LogP) is 1.05. The lowest BCUT2D eigenvalue weighted by Crippen LogP contribution is -2.45. The van der Waals surface area contributed by atoms with Gasteiger partial charge in [0.25, 0.3) is 11.5 Å². The number of piperidine rings is 1. The van der Waals surface area contributed by atoms with Crippen LogP contribution < -0.4 is 21.5 Å². The number of aromatic nitrogens is 5. The molecule has 38 heavy (non-hydrogen) atoms. The van der Waals surface area contributed by atoms with Crippen LogP contribution in [0.3, 0.4) is 0 Å². The number of hydrogen-bond donors (Lipinski definition) is 3. The van der Waals surface area contributed by atoms with Crippen molar-refractivity contribution in [1.29, 1.82) is 0 Å². The molecule has 0 spiro atoms. The van der Waals surface area contributed by atoms with Crippen LogP contribution in [-0.2, 0) is 20.9 Å². The molecule has 0 saturated carbocycles. The zero-order valence-electron chi connectivity index (χ0n) is 21.4. The van der Waals surface area contributed by atoms with Gasteiger partial charge in [-0.05, 0) is 46.2 Å². The Labute approximate surface area is 216 Å². The van der Waals surface area contributed by atoms with Crippen molar-refractivity contribution < 1.29 is 23.9 Å². The molecule has 1 aromatic carbocycles. The molecule has 4 amide bonds. The van der Waals surface area contributed by atoms with E-state index in [0.717, 1.165) is 0 Å². The molecule has 2 aromatic heterocycles. The normalized spacial score (nSPS) is 15.7. The van der Waals surface area contributed by atoms with Crippen molar-refractivity contribution in [3.8, 4) is 0 Å². The second-order valence-electron chi connectivity index (χ2n) is 9.75. The van der Waals surface area contributed by atoms with Gasteiger partial charge in [0.2, 0.25) is 11.8 Å². The Bertz CT molecular complexity index is 1490. The lowest BCUT2D eigenvalue weighted by Gasteiger charge is -2.24. The number of rotatable bonds is 6. The number of anilines is 1. The van der Waals surface area contributed by atoms with Crippen molar-refractivity contribution in [3.05, 3.63) is 46.3 Å². The van der Waals surface area contributed by atoms with Gasteiger partial charge in [0.1, 0.15) is 23.0 Å². The lowest BCUT2D eigenvalue weighted by atomic mass is 10.1. The Hall–Kier alpha value is -4.62. The van der Waals surface area contributed by atoms with Crippen molar-refractivity contribution >= 4 is 40.4 Å². The van der Waals surface area contributed by atoms with Crippen LogP contribution >= 0.6 is 0 Å². The zero-order chi connectivity index (χ0) is 27.6. The molecular formula is C24H28N8O6. The highest BCUT2D eigenvalue weighted by Crippen LogP contribution is 2.23. The van der Waals surface area contributed by atoms with Gasteiger partial charge in [-0.1, -0.05) is 11.3 Å². The molecule has 200 valence electrons. The lowest BCUT2D eigenvalue weighted by molar-refractivity contribution is -0.135. The fourth-order valence-electron chi connectivity index (χ4n) is 4.01. The number of nitrogens with one attached hydrogen (secondary N) is 3. The predicted molar refractivity (Wildman–Crippen MR) is 134 cm³/mol. The minimum Gasteiger partial charge on any atom is -0.444 e. The molecule has 14 heteroatoms. The van der Waals surface area contributed by atoms with Crippen molar-refractivity contribution in [2.45, 2.75) is 58.7 Å². The third-order valence-corrected chi connectivity index (χ3v) is 5.66. The van der Waals surface area contributed by atoms with E-state index in [1.54, 1.807) is 45.9 Å². The number of ether oxygens (including phenoxy) is 1. The summed E-state index contributed by atoms with van der Waals surface area (Å²) >= 11 is 0. The number of aryl methyl sites for hydroxylation is 1. The van der Waals surface area contributed by atoms with Gasteiger partial charge in [-0.2, -0.15) is 0 Å². The maximum absolute atomic E-state index is 13.3. The topological polar surface area (TPSA) is 179 Å². The standard InChI is InChI=1S/C24H28N8O6/c1-13-26-19-14(22(36)32(13)17-8-9-18(33)28-21(17)35)6-5-7-15(19)27-20(34)16-12-31(30-29-16)11-10-25-23(37)38-24(2,3)4/h5-7,12,17H,8-11H2,1-4H3,(H,25,37)(H,27,34)(H,28,33,35). The van der Waals surface area contributed by atoms with Crippen LogP contribution in [-0.4, -0.2) is 60.5 Å². The molecule has 1 saturated heterocycles. The van der Waals surface area contributed by atoms with E-state index in [-0.39, 0.29) is 59.9 Å². The summed E-state index contributed by atoms with van der Waals surface area (Å²) in [5.41, 5.74) is -0.519. The maximum Gasteiger partial charge on any atom is 0.407 e. The molecule has 0 bridgehead atoms. The Balaban J connectivity index is 1.48. The van der Waals surface area contributed by atoms with E-state index < -0.39 is 35.1 Å². The molecule has 1 aliphatic rings. The highest BCUT2D eigenvalue weighted by molar-refractivity contribution is 6.07. The van der Waals surface area contributed by atoms with Crippen LogP contribution in [0.15, 0.2) is 29.2 Å². The van der Waals surface area contributed by atoms with Gasteiger partial charge < -0.3 is 15.4 Å².